The van der Waals surface area contributed by atoms with Gasteiger partial charge in [0.05, 0.1) is 75.6 Å². The van der Waals surface area contributed by atoms with E-state index in [1.165, 1.54) is 27.8 Å². The second-order valence-electron chi connectivity index (χ2n) is 25.3. The van der Waals surface area contributed by atoms with E-state index in [0.29, 0.717) is 0 Å². The lowest BCUT2D eigenvalue weighted by Crippen LogP contribution is -2.48. The Hall–Kier alpha value is -12.3. The summed E-state index contributed by atoms with van der Waals surface area (Å²) in [5.41, 5.74) is 12.9. The third-order valence-electron chi connectivity index (χ3n) is 19.3. The van der Waals surface area contributed by atoms with Crippen molar-refractivity contribution in [3.05, 3.63) is 327 Å². The highest BCUT2D eigenvalue weighted by atomic mass is 15.4. The van der Waals surface area contributed by atoms with E-state index in [-0.39, 0.29) is 18.1 Å². The summed E-state index contributed by atoms with van der Waals surface area (Å²) >= 11 is 0. The Kier molecular flexibility index (Phi) is 19.2. The Morgan fingerprint density at radius 3 is 0.941 bits per heavy atom. The highest BCUT2D eigenvalue weighted by Crippen LogP contribution is 2.36. The van der Waals surface area contributed by atoms with Crippen molar-refractivity contribution in [1.29, 1.82) is 0 Å². The largest absolute Gasteiger partial charge is 0.353 e. The first-order chi connectivity index (χ1) is 50.6. The van der Waals surface area contributed by atoms with Gasteiger partial charge in [-0.2, -0.15) is 15.3 Å². The van der Waals surface area contributed by atoms with Gasteiger partial charge in [0.25, 0.3) is 0 Å². The summed E-state index contributed by atoms with van der Waals surface area (Å²) in [5.74, 6) is 2.84. The van der Waals surface area contributed by atoms with Gasteiger partial charge in [-0.3, -0.25) is 29.7 Å². The molecular formula is C81H75N21. The predicted octanol–water partition coefficient (Wildman–Crippen LogP) is 12.4. The van der Waals surface area contributed by atoms with Crippen molar-refractivity contribution in [3.63, 3.8) is 0 Å². The van der Waals surface area contributed by atoms with Gasteiger partial charge in [0.1, 0.15) is 36.4 Å². The predicted molar refractivity (Wildman–Crippen MR) is 399 cm³/mol. The number of anilines is 3. The molecule has 21 heteroatoms. The zero-order chi connectivity index (χ0) is 68.2. The van der Waals surface area contributed by atoms with E-state index < -0.39 is 0 Å². The van der Waals surface area contributed by atoms with Crippen molar-refractivity contribution < 1.29 is 0 Å². The summed E-state index contributed by atoms with van der Waals surface area (Å²) in [6, 6.07) is 77.5. The van der Waals surface area contributed by atoms with Gasteiger partial charge in [-0.05, 0) is 94.5 Å². The average molecular weight is 1340 g/mol. The minimum Gasteiger partial charge on any atom is -0.353 e. The third-order valence-corrected chi connectivity index (χ3v) is 19.3. The van der Waals surface area contributed by atoms with Gasteiger partial charge in [0.15, 0.2) is 16.9 Å². The summed E-state index contributed by atoms with van der Waals surface area (Å²) in [4.78, 5) is 55.5. The quantitative estimate of drug-likeness (QED) is 0.0941. The van der Waals surface area contributed by atoms with E-state index in [2.05, 4.69) is 206 Å². The number of aromatic nitrogens is 15. The van der Waals surface area contributed by atoms with Gasteiger partial charge in [0.2, 0.25) is 0 Å². The Morgan fingerprint density at radius 1 is 0.245 bits per heavy atom. The molecule has 6 aromatic carbocycles. The van der Waals surface area contributed by atoms with Gasteiger partial charge in [-0.25, -0.2) is 43.9 Å². The van der Waals surface area contributed by atoms with Crippen LogP contribution < -0.4 is 14.7 Å². The SMILES string of the molecule is c1ccc(C(c2ccccn2)N2CCN(c3ncnc4c3cnn4-c3ccccc3)CC2)cc1.c1ccc(C(c2cccnc2)N2CCN(c3ncnc4c3cnn4-c3ccccc3)CC2)cc1.c1ccc(C(c2ccncc2)N2CCN(c3ncnc4c3cnn4-c3ccccc3)CC2)cc1. The molecule has 3 fully saturated rings. The molecule has 0 spiro atoms. The second-order valence-corrected chi connectivity index (χ2v) is 25.3. The van der Waals surface area contributed by atoms with Crippen LogP contribution >= 0.6 is 0 Å². The molecule has 18 rings (SSSR count). The summed E-state index contributed by atoms with van der Waals surface area (Å²) in [6.07, 6.45) is 20.0. The first-order valence-corrected chi connectivity index (χ1v) is 34.7. The molecule has 3 atom stereocenters. The topological polar surface area (TPSA) is 189 Å². The molecule has 0 bridgehead atoms. The lowest BCUT2D eigenvalue weighted by atomic mass is 9.97. The fourth-order valence-electron chi connectivity index (χ4n) is 14.4. The number of hydrogen-bond donors (Lipinski definition) is 0. The summed E-state index contributed by atoms with van der Waals surface area (Å²) in [5, 5.41) is 16.8. The molecule has 3 aliphatic heterocycles. The van der Waals surface area contributed by atoms with E-state index in [1.807, 2.05) is 167 Å². The molecular weight excluding hydrogens is 1270 g/mol. The fraction of sp³-hybridized carbons (Fsp3) is 0.185. The zero-order valence-corrected chi connectivity index (χ0v) is 56.3. The summed E-state index contributed by atoms with van der Waals surface area (Å²) in [7, 11) is 0. The van der Waals surface area contributed by atoms with Crippen LogP contribution in [0.15, 0.2) is 293 Å². The number of fused-ring (bicyclic) bond motifs is 3. The van der Waals surface area contributed by atoms with Gasteiger partial charge in [-0.1, -0.05) is 158 Å². The van der Waals surface area contributed by atoms with Crippen LogP contribution in [-0.4, -0.2) is 167 Å². The van der Waals surface area contributed by atoms with Crippen LogP contribution in [0.2, 0.25) is 0 Å². The normalized spacial score (nSPS) is 15.5. The first kappa shape index (κ1) is 64.4. The third kappa shape index (κ3) is 13.8. The van der Waals surface area contributed by atoms with E-state index in [9.17, 15) is 0 Å². The Balaban J connectivity index is 0.000000118. The summed E-state index contributed by atoms with van der Waals surface area (Å²) in [6.45, 7) is 10.8. The van der Waals surface area contributed by atoms with Gasteiger partial charge in [0, 0.05) is 110 Å². The lowest BCUT2D eigenvalue weighted by Gasteiger charge is -2.40. The number of para-hydroxylation sites is 3. The Bertz CT molecular complexity index is 4480. The van der Waals surface area contributed by atoms with Crippen LogP contribution in [0.3, 0.4) is 0 Å². The van der Waals surface area contributed by atoms with Crippen LogP contribution in [-0.2, 0) is 0 Å². The maximum Gasteiger partial charge on any atom is 0.168 e. The average Bonchev–Trinajstić information content (AvgIpc) is 1.57. The molecule has 0 saturated carbocycles. The van der Waals surface area contributed by atoms with Crippen LogP contribution in [0.1, 0.15) is 51.6 Å². The van der Waals surface area contributed by atoms with Gasteiger partial charge < -0.3 is 14.7 Å². The smallest absolute Gasteiger partial charge is 0.168 e. The molecule has 21 nitrogen and oxygen atoms in total. The second kappa shape index (κ2) is 30.4. The monoisotopic (exact) mass is 1340 g/mol. The van der Waals surface area contributed by atoms with Crippen molar-refractivity contribution in [1.82, 2.24) is 88.9 Å². The molecule has 0 N–H and O–H groups in total. The van der Waals surface area contributed by atoms with E-state index >= 15 is 0 Å². The molecule has 0 aliphatic carbocycles. The standard InChI is InChI=1S/3C27H25N7/c1-3-9-21(10-4-1)25(24-13-7-8-14-28-24)32-15-17-33(18-16-32)26-23-19-31-34(27(23)30-20-29-26)22-11-5-2-6-12-22;1-3-8-21(9-4-1)25(22-10-7-13-28-18-22)32-14-16-33(17-15-32)26-24-19-31-34(27(24)30-20-29-26)23-11-5-2-6-12-23;1-3-7-21(8-4-1)25(22-11-13-28-14-12-22)32-15-17-33(18-16-32)26-24-19-31-34(27(24)30-20-29-26)23-9-5-2-6-10-23/h1-14,19-20,25H,15-18H2;1-13,18-20,25H,14-17H2;1-14,19-20,25H,15-18H2. The molecule has 102 heavy (non-hydrogen) atoms. The van der Waals surface area contributed by atoms with Crippen LogP contribution in [0.25, 0.3) is 50.2 Å². The summed E-state index contributed by atoms with van der Waals surface area (Å²) < 4.78 is 5.64. The molecule has 3 aliphatic rings. The minimum absolute atomic E-state index is 0.135. The van der Waals surface area contributed by atoms with E-state index in [1.54, 1.807) is 19.0 Å². The molecule has 3 saturated heterocycles. The molecule has 3 unspecified atom stereocenters. The van der Waals surface area contributed by atoms with Gasteiger partial charge >= 0.3 is 0 Å². The van der Waals surface area contributed by atoms with Crippen molar-refractivity contribution in [2.75, 3.05) is 93.2 Å². The van der Waals surface area contributed by atoms with Crippen molar-refractivity contribution in [2.24, 2.45) is 0 Å². The number of nitrogens with zero attached hydrogens (tertiary/aromatic N) is 21. The van der Waals surface area contributed by atoms with Crippen LogP contribution in [0, 0.1) is 0 Å². The highest BCUT2D eigenvalue weighted by Gasteiger charge is 2.32. The lowest BCUT2D eigenvalue weighted by molar-refractivity contribution is 0.209. The Morgan fingerprint density at radius 2 is 0.578 bits per heavy atom. The van der Waals surface area contributed by atoms with Crippen molar-refractivity contribution in [3.8, 4) is 17.1 Å². The van der Waals surface area contributed by atoms with Crippen LogP contribution in [0.5, 0.6) is 0 Å². The fourth-order valence-corrected chi connectivity index (χ4v) is 14.4. The molecule has 9 aromatic heterocycles. The maximum absolute atomic E-state index is 4.69. The number of piperazine rings is 3. The van der Waals surface area contributed by atoms with E-state index in [4.69, 9.17) is 4.98 Å². The van der Waals surface area contributed by atoms with Gasteiger partial charge in [-0.15, -0.1) is 0 Å². The number of benzene rings is 6. The molecule has 12 heterocycles. The molecule has 504 valence electrons. The number of rotatable bonds is 15. The van der Waals surface area contributed by atoms with Crippen molar-refractivity contribution in [2.45, 2.75) is 18.1 Å². The highest BCUT2D eigenvalue weighted by molar-refractivity contribution is 5.89. The first-order valence-electron chi connectivity index (χ1n) is 34.7. The minimum atomic E-state index is 0.135. The maximum atomic E-state index is 4.69. The number of hydrogen-bond acceptors (Lipinski definition) is 18. The molecule has 0 amide bonds. The number of pyridine rings is 3. The van der Waals surface area contributed by atoms with Crippen molar-refractivity contribution >= 4 is 50.6 Å². The Labute approximate surface area is 591 Å². The van der Waals surface area contributed by atoms with Crippen LogP contribution in [0.4, 0.5) is 17.5 Å². The zero-order valence-electron chi connectivity index (χ0n) is 56.3. The molecule has 15 aromatic rings. The molecule has 0 radical (unpaired) electrons. The van der Waals surface area contributed by atoms with E-state index in [0.717, 1.165) is 152 Å².